The molecule has 26 heavy (non-hydrogen) atoms. The summed E-state index contributed by atoms with van der Waals surface area (Å²) in [4.78, 5) is 33.3. The molecule has 0 fully saturated rings. The van der Waals surface area contributed by atoms with Crippen LogP contribution in [0.1, 0.15) is 90.4 Å². The van der Waals surface area contributed by atoms with Crippen molar-refractivity contribution in [1.82, 2.24) is 5.32 Å². The second-order valence-electron chi connectivity index (χ2n) is 6.59. The average molecular weight is 368 g/mol. The predicted molar refractivity (Wildman–Crippen MR) is 105 cm³/mol. The van der Waals surface area contributed by atoms with E-state index in [4.69, 9.17) is 0 Å². The van der Waals surface area contributed by atoms with Gasteiger partial charge in [-0.05, 0) is 38.5 Å². The second kappa shape index (κ2) is 18.2. The molecule has 0 spiro atoms. The summed E-state index contributed by atoms with van der Waals surface area (Å²) in [6.45, 7) is 2.28. The number of hydrogen-bond acceptors (Lipinski definition) is 4. The topological polar surface area (TPSA) is 72.5 Å². The first kappa shape index (κ1) is 24.4. The van der Waals surface area contributed by atoms with E-state index >= 15 is 0 Å². The highest BCUT2D eigenvalue weighted by atomic mass is 16.5. The first-order chi connectivity index (χ1) is 12.6. The van der Waals surface area contributed by atoms with Crippen LogP contribution in [0.5, 0.6) is 0 Å². The Hall–Kier alpha value is -1.65. The highest BCUT2D eigenvalue weighted by Crippen LogP contribution is 2.10. The van der Waals surface area contributed by atoms with E-state index in [1.807, 2.05) is 0 Å². The minimum absolute atomic E-state index is 0.104. The monoisotopic (exact) mass is 367 g/mol. The number of carbonyl (C=O) groups is 3. The Balaban J connectivity index is 3.25. The van der Waals surface area contributed by atoms with Gasteiger partial charge in [-0.15, -0.1) is 0 Å². The van der Waals surface area contributed by atoms with Crippen molar-refractivity contribution in [2.45, 2.75) is 90.4 Å². The van der Waals surface area contributed by atoms with Gasteiger partial charge in [-0.25, -0.2) is 0 Å². The summed E-state index contributed by atoms with van der Waals surface area (Å²) in [6, 6.07) is 0. The third kappa shape index (κ3) is 15.9. The zero-order valence-electron chi connectivity index (χ0n) is 16.7. The minimum atomic E-state index is -0.452. The Kier molecular flexibility index (Phi) is 17.0. The molecule has 0 rings (SSSR count). The third-order valence-electron chi connectivity index (χ3n) is 4.30. The number of methoxy groups -OCH3 is 1. The summed E-state index contributed by atoms with van der Waals surface area (Å²) in [5, 5.41) is 2.65. The Labute approximate surface area is 158 Å². The number of amides is 1. The maximum atomic E-state index is 11.3. The van der Waals surface area contributed by atoms with Gasteiger partial charge in [0.1, 0.15) is 0 Å². The largest absolute Gasteiger partial charge is 0.469 e. The lowest BCUT2D eigenvalue weighted by atomic mass is 10.1. The fourth-order valence-corrected chi connectivity index (χ4v) is 2.60. The maximum absolute atomic E-state index is 11.3. The molecule has 150 valence electrons. The molecule has 0 aromatic heterocycles. The summed E-state index contributed by atoms with van der Waals surface area (Å²) in [5.74, 6) is -0.897. The van der Waals surface area contributed by atoms with Gasteiger partial charge in [0, 0.05) is 19.4 Å². The lowest BCUT2D eigenvalue weighted by Gasteiger charge is -2.02. The number of allylic oxidation sites excluding steroid dienone is 2. The molecule has 0 saturated heterocycles. The van der Waals surface area contributed by atoms with E-state index in [0.29, 0.717) is 13.0 Å². The fraction of sp³-hybridized carbons (Fsp3) is 0.762. The van der Waals surface area contributed by atoms with E-state index < -0.39 is 5.91 Å². The molecule has 0 aliphatic rings. The number of carbonyl (C=O) groups excluding carboxylic acids is 3. The molecule has 0 bridgehead atoms. The van der Waals surface area contributed by atoms with Crippen molar-refractivity contribution in [3.8, 4) is 0 Å². The van der Waals surface area contributed by atoms with Gasteiger partial charge >= 0.3 is 5.97 Å². The van der Waals surface area contributed by atoms with Gasteiger partial charge in [-0.1, -0.05) is 51.2 Å². The summed E-state index contributed by atoms with van der Waals surface area (Å²) in [5.41, 5.74) is 0. The number of nitrogens with one attached hydrogen (secondary N) is 1. The van der Waals surface area contributed by atoms with Crippen molar-refractivity contribution < 1.29 is 19.1 Å². The lowest BCUT2D eigenvalue weighted by Crippen LogP contribution is -2.31. The first-order valence-electron chi connectivity index (χ1n) is 10.1. The number of esters is 1. The lowest BCUT2D eigenvalue weighted by molar-refractivity contribution is -0.140. The number of ketones is 1. The van der Waals surface area contributed by atoms with Gasteiger partial charge in [0.25, 0.3) is 5.91 Å². The van der Waals surface area contributed by atoms with Crippen LogP contribution in [0.2, 0.25) is 0 Å². The molecule has 1 N–H and O–H groups in total. The highest BCUT2D eigenvalue weighted by molar-refractivity contribution is 6.36. The van der Waals surface area contributed by atoms with Crippen molar-refractivity contribution in [3.05, 3.63) is 12.2 Å². The van der Waals surface area contributed by atoms with Crippen LogP contribution in [-0.4, -0.2) is 31.3 Å². The van der Waals surface area contributed by atoms with Gasteiger partial charge < -0.3 is 10.1 Å². The SMILES string of the molecule is CCC(=O)C(=O)NCCCC/C=C\CCCCCCCCCC(=O)OC. The van der Waals surface area contributed by atoms with Gasteiger partial charge in [0.05, 0.1) is 7.11 Å². The van der Waals surface area contributed by atoms with Gasteiger partial charge in [0.2, 0.25) is 5.78 Å². The van der Waals surface area contributed by atoms with Crippen molar-refractivity contribution in [2.24, 2.45) is 0 Å². The first-order valence-corrected chi connectivity index (χ1v) is 10.1. The van der Waals surface area contributed by atoms with Crippen LogP contribution in [0, 0.1) is 0 Å². The van der Waals surface area contributed by atoms with Crippen molar-refractivity contribution >= 4 is 17.7 Å². The summed E-state index contributed by atoms with van der Waals surface area (Å²) >= 11 is 0. The molecule has 0 saturated carbocycles. The molecule has 1 amide bonds. The van der Waals surface area contributed by atoms with Crippen molar-refractivity contribution in [1.29, 1.82) is 0 Å². The van der Waals surface area contributed by atoms with Crippen LogP contribution in [0.4, 0.5) is 0 Å². The highest BCUT2D eigenvalue weighted by Gasteiger charge is 2.08. The van der Waals surface area contributed by atoms with Gasteiger partial charge in [-0.3, -0.25) is 14.4 Å². The van der Waals surface area contributed by atoms with E-state index in [0.717, 1.165) is 38.5 Å². The van der Waals surface area contributed by atoms with Gasteiger partial charge in [0.15, 0.2) is 0 Å². The van der Waals surface area contributed by atoms with E-state index in [1.54, 1.807) is 6.92 Å². The molecule has 0 aliphatic carbocycles. The zero-order chi connectivity index (χ0) is 19.5. The molecule has 5 nitrogen and oxygen atoms in total. The van der Waals surface area contributed by atoms with Crippen LogP contribution in [0.3, 0.4) is 0 Å². The predicted octanol–water partition coefficient (Wildman–Crippen LogP) is 4.49. The molecule has 0 atom stereocenters. The Morgan fingerprint density at radius 1 is 0.808 bits per heavy atom. The molecule has 5 heteroatoms. The van der Waals surface area contributed by atoms with Crippen LogP contribution in [-0.2, 0) is 19.1 Å². The Morgan fingerprint density at radius 2 is 1.35 bits per heavy atom. The second-order valence-corrected chi connectivity index (χ2v) is 6.59. The van der Waals surface area contributed by atoms with Crippen LogP contribution < -0.4 is 5.32 Å². The number of hydrogen-bond donors (Lipinski definition) is 1. The maximum Gasteiger partial charge on any atom is 0.305 e. The fourth-order valence-electron chi connectivity index (χ4n) is 2.60. The smallest absolute Gasteiger partial charge is 0.305 e. The molecule has 0 aromatic carbocycles. The van der Waals surface area contributed by atoms with Crippen LogP contribution in [0.25, 0.3) is 0 Å². The van der Waals surface area contributed by atoms with E-state index in [9.17, 15) is 14.4 Å². The number of unbranched alkanes of at least 4 members (excludes halogenated alkanes) is 9. The van der Waals surface area contributed by atoms with E-state index in [1.165, 1.54) is 39.2 Å². The third-order valence-corrected chi connectivity index (χ3v) is 4.30. The number of rotatable bonds is 17. The number of ether oxygens (including phenoxy) is 1. The molecule has 0 radical (unpaired) electrons. The standard InChI is InChI=1S/C21H37NO4/c1-3-19(23)21(25)22-18-16-14-12-10-8-6-4-5-7-9-11-13-15-17-20(24)26-2/h8,10H,3-7,9,11-18H2,1-2H3,(H,22,25)/b10-8-. The van der Waals surface area contributed by atoms with Crippen LogP contribution >= 0.6 is 0 Å². The molecular formula is C21H37NO4. The van der Waals surface area contributed by atoms with Gasteiger partial charge in [-0.2, -0.15) is 0 Å². The van der Waals surface area contributed by atoms with E-state index in [-0.39, 0.29) is 18.2 Å². The molecular weight excluding hydrogens is 330 g/mol. The van der Waals surface area contributed by atoms with E-state index in [2.05, 4.69) is 22.2 Å². The average Bonchev–Trinajstić information content (AvgIpc) is 2.66. The van der Waals surface area contributed by atoms with Crippen molar-refractivity contribution in [2.75, 3.05) is 13.7 Å². The molecule has 0 aliphatic heterocycles. The quantitative estimate of drug-likeness (QED) is 0.178. The summed E-state index contributed by atoms with van der Waals surface area (Å²) in [7, 11) is 1.44. The van der Waals surface area contributed by atoms with Crippen molar-refractivity contribution in [3.63, 3.8) is 0 Å². The number of Topliss-reactive ketones (excluding diaryl/α,β-unsaturated/α-hetero) is 1. The molecule has 0 heterocycles. The molecule has 0 aromatic rings. The normalized spacial score (nSPS) is 10.8. The Bertz CT molecular complexity index is 418. The minimum Gasteiger partial charge on any atom is -0.469 e. The Morgan fingerprint density at radius 3 is 1.92 bits per heavy atom. The zero-order valence-corrected chi connectivity index (χ0v) is 16.7. The summed E-state index contributed by atoms with van der Waals surface area (Å²) < 4.78 is 4.62. The summed E-state index contributed by atoms with van der Waals surface area (Å²) in [6.07, 6.45) is 17.6. The molecule has 0 unspecified atom stereocenters. The van der Waals surface area contributed by atoms with Crippen LogP contribution in [0.15, 0.2) is 12.2 Å².